The van der Waals surface area contributed by atoms with Gasteiger partial charge in [0, 0.05) is 30.5 Å². The summed E-state index contributed by atoms with van der Waals surface area (Å²) >= 11 is 0. The smallest absolute Gasteiger partial charge is 0.252 e. The van der Waals surface area contributed by atoms with Crippen LogP contribution in [0.5, 0.6) is 0 Å². The molecular weight excluding hydrogens is 392 g/mol. The van der Waals surface area contributed by atoms with E-state index in [4.69, 9.17) is 12.3 Å². The minimum absolute atomic E-state index is 0.000142. The number of hydrogen-bond donors (Lipinski definition) is 3. The molecule has 1 saturated carbocycles. The highest BCUT2D eigenvalue weighted by Crippen LogP contribution is 2.38. The van der Waals surface area contributed by atoms with Crippen LogP contribution in [-0.2, 0) is 11.3 Å². The van der Waals surface area contributed by atoms with Crippen LogP contribution in [-0.4, -0.2) is 38.2 Å². The van der Waals surface area contributed by atoms with Crippen molar-refractivity contribution in [3.8, 4) is 11.1 Å². The molecule has 1 aliphatic carbocycles. The Hall–Kier alpha value is -3.70. The lowest BCUT2D eigenvalue weighted by atomic mass is 10.0. The second-order valence-corrected chi connectivity index (χ2v) is 7.70. The van der Waals surface area contributed by atoms with Gasteiger partial charge >= 0.3 is 0 Å². The monoisotopic (exact) mass is 416 g/mol. The predicted molar refractivity (Wildman–Crippen MR) is 120 cm³/mol. The average molecular weight is 416 g/mol. The number of hydrogen-bond acceptors (Lipinski definition) is 5. The maximum Gasteiger partial charge on any atom is 0.252 e. The van der Waals surface area contributed by atoms with Crippen molar-refractivity contribution in [1.29, 1.82) is 0 Å². The molecular formula is C23H24N6O2. The van der Waals surface area contributed by atoms with Gasteiger partial charge in [0.2, 0.25) is 0 Å². The van der Waals surface area contributed by atoms with Gasteiger partial charge < -0.3 is 20.7 Å². The van der Waals surface area contributed by atoms with Crippen LogP contribution >= 0.6 is 0 Å². The summed E-state index contributed by atoms with van der Waals surface area (Å²) in [5.41, 5.74) is 10.3. The maximum absolute atomic E-state index is 12.6. The van der Waals surface area contributed by atoms with Crippen molar-refractivity contribution in [3.05, 3.63) is 59.0 Å². The fourth-order valence-electron chi connectivity index (χ4n) is 3.59. The first-order valence-corrected chi connectivity index (χ1v) is 10.2. The van der Waals surface area contributed by atoms with Gasteiger partial charge in [-0.15, -0.1) is 0 Å². The highest BCUT2D eigenvalue weighted by Gasteiger charge is 2.26. The number of nitrogens with two attached hydrogens (primary N) is 1. The number of nitrogen functional groups attached to an aromatic ring is 1. The number of aliphatic hydroxyl groups is 1. The molecule has 158 valence electrons. The van der Waals surface area contributed by atoms with Crippen LogP contribution in [0.3, 0.4) is 0 Å². The summed E-state index contributed by atoms with van der Waals surface area (Å²) in [6.07, 6.45) is 5.36. The highest BCUT2D eigenvalue weighted by molar-refractivity contribution is 6.07. The zero-order valence-corrected chi connectivity index (χ0v) is 17.3. The molecule has 1 aromatic carbocycles. The molecule has 0 saturated heterocycles. The van der Waals surface area contributed by atoms with Crippen molar-refractivity contribution < 1.29 is 9.90 Å². The summed E-state index contributed by atoms with van der Waals surface area (Å²) in [4.78, 5) is 24.7. The largest absolute Gasteiger partial charge is 0.396 e. The number of aromatic nitrogens is 3. The number of aryl methyl sites for hydroxylation is 2. The fraction of sp³-hybridized carbons (Fsp3) is 0.304. The second kappa shape index (κ2) is 8.58. The molecule has 0 atom stereocenters. The van der Waals surface area contributed by atoms with Gasteiger partial charge in [0.05, 0.1) is 12.0 Å². The molecule has 1 aliphatic rings. The molecule has 4 rings (SSSR count). The number of amides is 1. The van der Waals surface area contributed by atoms with E-state index in [9.17, 15) is 9.90 Å². The molecule has 4 N–H and O–H groups in total. The topological polar surface area (TPSA) is 110 Å². The number of nitrogens with zero attached hydrogens (tertiary/aromatic N) is 4. The SMILES string of the molecule is [C-]#[N+]/C(=C\c1c(-c2ccc(C)cc2)c2c(N)ncnc2n1CCCO)C(=O)NC1CC1. The van der Waals surface area contributed by atoms with Crippen LogP contribution in [0.15, 0.2) is 36.3 Å². The third-order valence-electron chi connectivity index (χ3n) is 5.33. The number of anilines is 1. The standard InChI is InChI=1S/C23H24N6O2/c1-14-4-6-15(7-5-14)19-18(12-17(25-2)23(31)28-16-8-9-16)29(10-3-11-30)22-20(19)21(24)26-13-27-22/h4-7,12-13,16,30H,3,8-11H2,1H3,(H,28,31)(H2,24,26,27)/b17-12-. The van der Waals surface area contributed by atoms with E-state index >= 15 is 0 Å². The summed E-state index contributed by atoms with van der Waals surface area (Å²) < 4.78 is 1.90. The fourth-order valence-corrected chi connectivity index (χ4v) is 3.59. The Kier molecular flexibility index (Phi) is 5.69. The molecule has 1 amide bonds. The van der Waals surface area contributed by atoms with Crippen molar-refractivity contribution in [2.24, 2.45) is 0 Å². The number of fused-ring (bicyclic) bond motifs is 1. The minimum Gasteiger partial charge on any atom is -0.396 e. The molecule has 3 aromatic rings. The Morgan fingerprint density at radius 3 is 2.74 bits per heavy atom. The van der Waals surface area contributed by atoms with Crippen LogP contribution in [0.25, 0.3) is 33.1 Å². The first-order chi connectivity index (χ1) is 15.0. The van der Waals surface area contributed by atoms with Gasteiger partial charge in [0.15, 0.2) is 0 Å². The lowest BCUT2D eigenvalue weighted by Gasteiger charge is -2.10. The summed E-state index contributed by atoms with van der Waals surface area (Å²) in [5.74, 6) is -0.0601. The number of carbonyl (C=O) groups is 1. The lowest BCUT2D eigenvalue weighted by molar-refractivity contribution is -0.117. The molecule has 0 radical (unpaired) electrons. The molecule has 0 unspecified atom stereocenters. The Balaban J connectivity index is 1.98. The average Bonchev–Trinajstić information content (AvgIpc) is 3.52. The maximum atomic E-state index is 12.6. The number of rotatable bonds is 7. The Labute approximate surface area is 180 Å². The third kappa shape index (κ3) is 4.13. The molecule has 8 nitrogen and oxygen atoms in total. The van der Waals surface area contributed by atoms with Gasteiger partial charge in [-0.25, -0.2) is 14.8 Å². The van der Waals surface area contributed by atoms with E-state index in [0.29, 0.717) is 35.5 Å². The number of nitrogens with one attached hydrogen (secondary N) is 1. The van der Waals surface area contributed by atoms with Gasteiger partial charge in [0.1, 0.15) is 17.8 Å². The number of aliphatic hydroxyl groups excluding tert-OH is 1. The highest BCUT2D eigenvalue weighted by atomic mass is 16.3. The normalized spacial score (nSPS) is 13.9. The zero-order chi connectivity index (χ0) is 22.0. The van der Waals surface area contributed by atoms with E-state index in [2.05, 4.69) is 20.1 Å². The number of carbonyl (C=O) groups excluding carboxylic acids is 1. The van der Waals surface area contributed by atoms with Crippen LogP contribution < -0.4 is 11.1 Å². The van der Waals surface area contributed by atoms with E-state index in [0.717, 1.165) is 29.5 Å². The van der Waals surface area contributed by atoms with Gasteiger partial charge in [0.25, 0.3) is 11.6 Å². The molecule has 0 aliphatic heterocycles. The van der Waals surface area contributed by atoms with Gasteiger partial charge in [-0.05, 0) is 37.8 Å². The summed E-state index contributed by atoms with van der Waals surface area (Å²) in [7, 11) is 0. The first kappa shape index (κ1) is 20.6. The summed E-state index contributed by atoms with van der Waals surface area (Å²) in [6, 6.07) is 8.10. The van der Waals surface area contributed by atoms with E-state index in [-0.39, 0.29) is 24.3 Å². The molecule has 8 heteroatoms. The van der Waals surface area contributed by atoms with E-state index in [1.54, 1.807) is 6.08 Å². The first-order valence-electron chi connectivity index (χ1n) is 10.2. The minimum atomic E-state index is -0.384. The van der Waals surface area contributed by atoms with E-state index in [1.807, 2.05) is 35.8 Å². The predicted octanol–water partition coefficient (Wildman–Crippen LogP) is 2.91. The Morgan fingerprint density at radius 2 is 2.10 bits per heavy atom. The molecule has 1 fully saturated rings. The molecule has 0 spiro atoms. The second-order valence-electron chi connectivity index (χ2n) is 7.70. The quantitative estimate of drug-likeness (QED) is 0.405. The summed E-state index contributed by atoms with van der Waals surface area (Å²) in [6.45, 7) is 10.0. The molecule has 31 heavy (non-hydrogen) atoms. The third-order valence-corrected chi connectivity index (χ3v) is 5.33. The van der Waals surface area contributed by atoms with Gasteiger partial charge in [-0.2, -0.15) is 0 Å². The summed E-state index contributed by atoms with van der Waals surface area (Å²) in [5, 5.41) is 13.0. The molecule has 0 bridgehead atoms. The Bertz CT molecular complexity index is 1200. The lowest BCUT2D eigenvalue weighted by Crippen LogP contribution is -2.26. The van der Waals surface area contributed by atoms with Crippen LogP contribution in [0, 0.1) is 13.5 Å². The van der Waals surface area contributed by atoms with E-state index < -0.39 is 0 Å². The van der Waals surface area contributed by atoms with Crippen molar-refractivity contribution in [3.63, 3.8) is 0 Å². The van der Waals surface area contributed by atoms with Crippen molar-refractivity contribution in [2.75, 3.05) is 12.3 Å². The van der Waals surface area contributed by atoms with Crippen LogP contribution in [0.4, 0.5) is 5.82 Å². The van der Waals surface area contributed by atoms with Crippen LogP contribution in [0.1, 0.15) is 30.5 Å². The van der Waals surface area contributed by atoms with Gasteiger partial charge in [-0.1, -0.05) is 29.8 Å². The molecule has 2 heterocycles. The Morgan fingerprint density at radius 1 is 1.35 bits per heavy atom. The van der Waals surface area contributed by atoms with Crippen LogP contribution in [0.2, 0.25) is 0 Å². The zero-order valence-electron chi connectivity index (χ0n) is 17.3. The van der Waals surface area contributed by atoms with Gasteiger partial charge in [-0.3, -0.25) is 4.79 Å². The number of benzene rings is 1. The van der Waals surface area contributed by atoms with Crippen molar-refractivity contribution >= 4 is 28.8 Å². The van der Waals surface area contributed by atoms with E-state index in [1.165, 1.54) is 6.33 Å². The van der Waals surface area contributed by atoms with Crippen molar-refractivity contribution in [2.45, 2.75) is 38.8 Å². The van der Waals surface area contributed by atoms with Crippen molar-refractivity contribution in [1.82, 2.24) is 19.9 Å². The molecule has 2 aromatic heterocycles.